The second-order valence-corrected chi connectivity index (χ2v) is 4.73. The smallest absolute Gasteiger partial charge is 0.330 e. The summed E-state index contributed by atoms with van der Waals surface area (Å²) in [5, 5.41) is 0. The predicted octanol–water partition coefficient (Wildman–Crippen LogP) is 2.86. The van der Waals surface area contributed by atoms with Gasteiger partial charge in [0.2, 0.25) is 3.79 Å². The van der Waals surface area contributed by atoms with Crippen LogP contribution in [0.1, 0.15) is 13.8 Å². The van der Waals surface area contributed by atoms with Gasteiger partial charge in [0.1, 0.15) is 0 Å². The molecule has 12 heavy (non-hydrogen) atoms. The van der Waals surface area contributed by atoms with Crippen molar-refractivity contribution in [1.29, 1.82) is 0 Å². The van der Waals surface area contributed by atoms with Gasteiger partial charge in [-0.3, -0.25) is 0 Å². The van der Waals surface area contributed by atoms with Crippen molar-refractivity contribution in [2.24, 2.45) is 0 Å². The third-order valence-corrected chi connectivity index (χ3v) is 1.14. The Morgan fingerprint density at radius 3 is 2.25 bits per heavy atom. The first-order valence-corrected chi connectivity index (χ1v) is 4.41. The Morgan fingerprint density at radius 2 is 1.92 bits per heavy atom. The molecule has 0 N–H and O–H groups in total. The Hall–Kier alpha value is 0.0800. The minimum Gasteiger partial charge on any atom is -0.460 e. The van der Waals surface area contributed by atoms with Gasteiger partial charge in [0.15, 0.2) is 0 Å². The summed E-state index contributed by atoms with van der Waals surface area (Å²) in [6.45, 7) is 3.47. The summed E-state index contributed by atoms with van der Waals surface area (Å²) in [7, 11) is 0. The highest BCUT2D eigenvalue weighted by Gasteiger charge is 2.15. The highest BCUT2D eigenvalue weighted by molar-refractivity contribution is 6.69. The largest absolute Gasteiger partial charge is 0.460 e. The number of carbonyl (C=O) groups is 1. The quantitative estimate of drug-likeness (QED) is 0.415. The van der Waals surface area contributed by atoms with E-state index >= 15 is 0 Å². The second-order valence-electron chi connectivity index (χ2n) is 2.36. The molecule has 0 aliphatic rings. The third kappa shape index (κ3) is 8.18. The molecule has 0 saturated heterocycles. The lowest BCUT2D eigenvalue weighted by Crippen LogP contribution is -2.09. The number of alkyl halides is 3. The molecule has 0 saturated carbocycles. The Balaban J connectivity index is 3.93. The standard InChI is InChI=1S/C7H9Cl3O2/c1-5(2)12-6(11)3-4-7(8,9)10/h3-5H,1-2H3. The van der Waals surface area contributed by atoms with E-state index < -0.39 is 9.76 Å². The molecule has 0 bridgehead atoms. The van der Waals surface area contributed by atoms with Gasteiger partial charge in [-0.25, -0.2) is 4.79 Å². The van der Waals surface area contributed by atoms with Gasteiger partial charge in [-0.05, 0) is 19.9 Å². The number of carbonyl (C=O) groups excluding carboxylic acids is 1. The monoisotopic (exact) mass is 230 g/mol. The van der Waals surface area contributed by atoms with E-state index in [1.807, 2.05) is 0 Å². The summed E-state index contributed by atoms with van der Waals surface area (Å²) in [6.07, 6.45) is 2.06. The highest BCUT2D eigenvalue weighted by Crippen LogP contribution is 2.27. The van der Waals surface area contributed by atoms with Crippen LogP contribution in [0.3, 0.4) is 0 Å². The van der Waals surface area contributed by atoms with Crippen molar-refractivity contribution in [2.75, 3.05) is 0 Å². The normalized spacial score (nSPS) is 12.5. The number of allylic oxidation sites excluding steroid dienone is 1. The van der Waals surface area contributed by atoms with E-state index in [1.54, 1.807) is 13.8 Å². The summed E-state index contributed by atoms with van der Waals surface area (Å²) < 4.78 is 3.20. The molecular formula is C7H9Cl3O2. The van der Waals surface area contributed by atoms with E-state index in [1.165, 1.54) is 0 Å². The fourth-order valence-electron chi connectivity index (χ4n) is 0.434. The molecule has 0 aromatic rings. The van der Waals surface area contributed by atoms with Crippen molar-refractivity contribution in [3.63, 3.8) is 0 Å². The van der Waals surface area contributed by atoms with E-state index in [9.17, 15) is 4.79 Å². The molecule has 0 amide bonds. The van der Waals surface area contributed by atoms with E-state index in [0.717, 1.165) is 12.2 Å². The maximum Gasteiger partial charge on any atom is 0.330 e. The van der Waals surface area contributed by atoms with Crippen LogP contribution in [0.15, 0.2) is 12.2 Å². The molecule has 2 nitrogen and oxygen atoms in total. The van der Waals surface area contributed by atoms with Crippen molar-refractivity contribution in [3.05, 3.63) is 12.2 Å². The Morgan fingerprint density at radius 1 is 1.42 bits per heavy atom. The van der Waals surface area contributed by atoms with Crippen LogP contribution in [0.5, 0.6) is 0 Å². The lowest BCUT2D eigenvalue weighted by molar-refractivity contribution is -0.141. The Kier molecular flexibility index (Phi) is 4.98. The van der Waals surface area contributed by atoms with Gasteiger partial charge in [0, 0.05) is 6.08 Å². The van der Waals surface area contributed by atoms with Crippen molar-refractivity contribution in [1.82, 2.24) is 0 Å². The summed E-state index contributed by atoms with van der Waals surface area (Å²) in [5.74, 6) is -0.517. The van der Waals surface area contributed by atoms with Crippen LogP contribution in [0.4, 0.5) is 0 Å². The van der Waals surface area contributed by atoms with Gasteiger partial charge in [0.25, 0.3) is 0 Å². The lowest BCUT2D eigenvalue weighted by Gasteiger charge is -2.05. The number of esters is 1. The van der Waals surface area contributed by atoms with E-state index in [4.69, 9.17) is 39.5 Å². The number of halogens is 3. The summed E-state index contributed by atoms with van der Waals surface area (Å²) >= 11 is 16.1. The van der Waals surface area contributed by atoms with E-state index in [2.05, 4.69) is 0 Å². The molecule has 0 radical (unpaired) electrons. The lowest BCUT2D eigenvalue weighted by atomic mass is 10.4. The van der Waals surface area contributed by atoms with Gasteiger partial charge in [-0.15, -0.1) is 0 Å². The molecule has 0 fully saturated rings. The SMILES string of the molecule is CC(C)OC(=O)C=CC(Cl)(Cl)Cl. The van der Waals surface area contributed by atoms with Crippen LogP contribution in [-0.4, -0.2) is 15.9 Å². The predicted molar refractivity (Wildman–Crippen MR) is 50.7 cm³/mol. The Bertz CT molecular complexity index is 182. The molecule has 0 heterocycles. The molecule has 70 valence electrons. The zero-order chi connectivity index (χ0) is 9.78. The fraction of sp³-hybridized carbons (Fsp3) is 0.571. The van der Waals surface area contributed by atoms with Crippen molar-refractivity contribution >= 4 is 40.8 Å². The first-order valence-electron chi connectivity index (χ1n) is 3.28. The molecule has 0 aromatic heterocycles. The van der Waals surface area contributed by atoms with Crippen molar-refractivity contribution < 1.29 is 9.53 Å². The van der Waals surface area contributed by atoms with Crippen LogP contribution in [0, 0.1) is 0 Å². The minimum absolute atomic E-state index is 0.169. The third-order valence-electron chi connectivity index (χ3n) is 0.760. The molecule has 0 unspecified atom stereocenters. The van der Waals surface area contributed by atoms with Crippen LogP contribution in [0.25, 0.3) is 0 Å². The first kappa shape index (κ1) is 12.1. The van der Waals surface area contributed by atoms with Crippen LogP contribution >= 0.6 is 34.8 Å². The molecule has 0 aromatic carbocycles. The Labute approximate surface area is 86.4 Å². The van der Waals surface area contributed by atoms with Gasteiger partial charge in [-0.1, -0.05) is 34.8 Å². The van der Waals surface area contributed by atoms with Crippen LogP contribution in [0.2, 0.25) is 0 Å². The van der Waals surface area contributed by atoms with Gasteiger partial charge in [-0.2, -0.15) is 0 Å². The fourth-order valence-corrected chi connectivity index (χ4v) is 0.623. The average molecular weight is 232 g/mol. The maximum absolute atomic E-state index is 10.8. The average Bonchev–Trinajstić information content (AvgIpc) is 1.80. The molecule has 5 heteroatoms. The molecule has 0 aliphatic carbocycles. The molecule has 0 rings (SSSR count). The van der Waals surface area contributed by atoms with E-state index in [-0.39, 0.29) is 6.10 Å². The minimum atomic E-state index is -1.55. The van der Waals surface area contributed by atoms with Crippen molar-refractivity contribution in [3.8, 4) is 0 Å². The summed E-state index contributed by atoms with van der Waals surface area (Å²) in [4.78, 5) is 10.8. The summed E-state index contributed by atoms with van der Waals surface area (Å²) in [5.41, 5.74) is 0. The maximum atomic E-state index is 10.8. The van der Waals surface area contributed by atoms with Gasteiger partial charge < -0.3 is 4.74 Å². The van der Waals surface area contributed by atoms with Crippen LogP contribution < -0.4 is 0 Å². The van der Waals surface area contributed by atoms with Crippen LogP contribution in [-0.2, 0) is 9.53 Å². The first-order chi connectivity index (χ1) is 5.31. The number of hydrogen-bond donors (Lipinski definition) is 0. The number of rotatable bonds is 2. The highest BCUT2D eigenvalue weighted by atomic mass is 35.6. The zero-order valence-corrected chi connectivity index (χ0v) is 8.95. The van der Waals surface area contributed by atoms with E-state index in [0.29, 0.717) is 0 Å². The molecule has 0 spiro atoms. The van der Waals surface area contributed by atoms with Crippen molar-refractivity contribution in [2.45, 2.75) is 23.7 Å². The van der Waals surface area contributed by atoms with Gasteiger partial charge >= 0.3 is 5.97 Å². The molecule has 0 atom stereocenters. The second kappa shape index (κ2) is 4.95. The molecule has 0 aliphatic heterocycles. The number of ether oxygens (including phenoxy) is 1. The topological polar surface area (TPSA) is 26.3 Å². The zero-order valence-electron chi connectivity index (χ0n) is 6.68. The number of hydrogen-bond acceptors (Lipinski definition) is 2. The summed E-state index contributed by atoms with van der Waals surface area (Å²) in [6, 6.07) is 0. The van der Waals surface area contributed by atoms with Gasteiger partial charge in [0.05, 0.1) is 6.10 Å². The molecular weight excluding hydrogens is 222 g/mol.